The number of nitrogens with one attached hydrogen (secondary N) is 1. The SMILES string of the molecule is Cc1nc(CCN(C)C)nc2c1CC(CNC(C)C)CC2. The van der Waals surface area contributed by atoms with Gasteiger partial charge < -0.3 is 10.2 Å². The first-order valence-electron chi connectivity index (χ1n) is 8.19. The maximum absolute atomic E-state index is 4.82. The van der Waals surface area contributed by atoms with Crippen molar-refractivity contribution in [3.63, 3.8) is 0 Å². The topological polar surface area (TPSA) is 41.1 Å². The Kier molecular flexibility index (Phi) is 5.71. The minimum absolute atomic E-state index is 0.567. The van der Waals surface area contributed by atoms with Crippen LogP contribution >= 0.6 is 0 Å². The van der Waals surface area contributed by atoms with Gasteiger partial charge in [-0.3, -0.25) is 0 Å². The van der Waals surface area contributed by atoms with E-state index in [1.54, 1.807) is 0 Å². The number of hydrogen-bond donors (Lipinski definition) is 1. The van der Waals surface area contributed by atoms with Gasteiger partial charge in [-0.05, 0) is 58.3 Å². The highest BCUT2D eigenvalue weighted by Crippen LogP contribution is 2.26. The van der Waals surface area contributed by atoms with Crippen LogP contribution in [-0.2, 0) is 19.3 Å². The van der Waals surface area contributed by atoms with Crippen LogP contribution in [0.3, 0.4) is 0 Å². The Bertz CT molecular complexity index is 468. The lowest BCUT2D eigenvalue weighted by molar-refractivity contribution is 0.396. The largest absolute Gasteiger partial charge is 0.314 e. The maximum Gasteiger partial charge on any atom is 0.130 e. The summed E-state index contributed by atoms with van der Waals surface area (Å²) in [5.41, 5.74) is 3.91. The van der Waals surface area contributed by atoms with Crippen molar-refractivity contribution in [2.75, 3.05) is 27.2 Å². The molecule has 1 N–H and O–H groups in total. The van der Waals surface area contributed by atoms with E-state index >= 15 is 0 Å². The maximum atomic E-state index is 4.82. The van der Waals surface area contributed by atoms with Crippen molar-refractivity contribution < 1.29 is 0 Å². The Balaban J connectivity index is 2.04. The molecule has 0 saturated heterocycles. The van der Waals surface area contributed by atoms with Gasteiger partial charge in [0.25, 0.3) is 0 Å². The highest BCUT2D eigenvalue weighted by Gasteiger charge is 2.22. The second kappa shape index (κ2) is 7.32. The molecule has 0 fully saturated rings. The van der Waals surface area contributed by atoms with Gasteiger partial charge in [-0.2, -0.15) is 0 Å². The zero-order valence-electron chi connectivity index (χ0n) is 14.2. The van der Waals surface area contributed by atoms with Crippen LogP contribution in [0.4, 0.5) is 0 Å². The molecule has 118 valence electrons. The molecule has 1 heterocycles. The van der Waals surface area contributed by atoms with Crippen molar-refractivity contribution in [2.45, 2.75) is 52.5 Å². The molecule has 21 heavy (non-hydrogen) atoms. The summed E-state index contributed by atoms with van der Waals surface area (Å²) in [6.45, 7) is 8.69. The molecule has 0 saturated carbocycles. The summed E-state index contributed by atoms with van der Waals surface area (Å²) in [6.07, 6.45) is 4.43. The molecule has 0 spiro atoms. The molecule has 4 nitrogen and oxygen atoms in total. The predicted molar refractivity (Wildman–Crippen MR) is 87.7 cm³/mol. The van der Waals surface area contributed by atoms with Crippen LogP contribution in [0.2, 0.25) is 0 Å². The molecule has 1 aromatic rings. The van der Waals surface area contributed by atoms with Crippen molar-refractivity contribution in [3.05, 3.63) is 22.8 Å². The zero-order chi connectivity index (χ0) is 15.4. The third-order valence-electron chi connectivity index (χ3n) is 4.23. The summed E-state index contributed by atoms with van der Waals surface area (Å²) in [5.74, 6) is 1.74. The van der Waals surface area contributed by atoms with E-state index in [0.29, 0.717) is 6.04 Å². The Morgan fingerprint density at radius 2 is 2.05 bits per heavy atom. The van der Waals surface area contributed by atoms with E-state index in [-0.39, 0.29) is 0 Å². The second-order valence-electron chi connectivity index (χ2n) is 6.88. The monoisotopic (exact) mass is 290 g/mol. The molecule has 1 aromatic heterocycles. The zero-order valence-corrected chi connectivity index (χ0v) is 14.2. The lowest BCUT2D eigenvalue weighted by Gasteiger charge is -2.26. The van der Waals surface area contributed by atoms with E-state index < -0.39 is 0 Å². The van der Waals surface area contributed by atoms with Crippen molar-refractivity contribution in [1.29, 1.82) is 0 Å². The van der Waals surface area contributed by atoms with E-state index in [4.69, 9.17) is 9.97 Å². The molecule has 0 aromatic carbocycles. The highest BCUT2D eigenvalue weighted by molar-refractivity contribution is 5.28. The first kappa shape index (κ1) is 16.4. The van der Waals surface area contributed by atoms with Gasteiger partial charge in [-0.1, -0.05) is 13.8 Å². The van der Waals surface area contributed by atoms with Crippen LogP contribution in [0, 0.1) is 12.8 Å². The van der Waals surface area contributed by atoms with Gasteiger partial charge in [0.15, 0.2) is 0 Å². The van der Waals surface area contributed by atoms with E-state index in [1.807, 2.05) is 0 Å². The van der Waals surface area contributed by atoms with Crippen molar-refractivity contribution in [3.8, 4) is 0 Å². The predicted octanol–water partition coefficient (Wildman–Crippen LogP) is 1.99. The van der Waals surface area contributed by atoms with Gasteiger partial charge in [0.1, 0.15) is 5.82 Å². The molecule has 0 aliphatic heterocycles. The fourth-order valence-electron chi connectivity index (χ4n) is 2.93. The summed E-state index contributed by atoms with van der Waals surface area (Å²) in [5, 5.41) is 3.56. The fourth-order valence-corrected chi connectivity index (χ4v) is 2.93. The van der Waals surface area contributed by atoms with Crippen LogP contribution in [-0.4, -0.2) is 48.1 Å². The Morgan fingerprint density at radius 3 is 2.71 bits per heavy atom. The Hall–Kier alpha value is -1.00. The van der Waals surface area contributed by atoms with E-state index in [2.05, 4.69) is 45.1 Å². The van der Waals surface area contributed by atoms with Crippen molar-refractivity contribution >= 4 is 0 Å². The summed E-state index contributed by atoms with van der Waals surface area (Å²) >= 11 is 0. The molecule has 4 heteroatoms. The molecular weight excluding hydrogens is 260 g/mol. The summed E-state index contributed by atoms with van der Waals surface area (Å²) < 4.78 is 0. The standard InChI is InChI=1S/C17H30N4/c1-12(2)18-11-14-6-7-16-15(10-14)13(3)19-17(20-16)8-9-21(4)5/h12,14,18H,6-11H2,1-5H3. The van der Waals surface area contributed by atoms with Gasteiger partial charge in [0, 0.05) is 30.4 Å². The number of hydrogen-bond acceptors (Lipinski definition) is 4. The summed E-state index contributed by atoms with van der Waals surface area (Å²) in [4.78, 5) is 11.7. The third-order valence-corrected chi connectivity index (χ3v) is 4.23. The van der Waals surface area contributed by atoms with E-state index in [1.165, 1.54) is 23.4 Å². The fraction of sp³-hybridized carbons (Fsp3) is 0.765. The lowest BCUT2D eigenvalue weighted by Crippen LogP contribution is -2.32. The van der Waals surface area contributed by atoms with Gasteiger partial charge in [-0.15, -0.1) is 0 Å². The van der Waals surface area contributed by atoms with Crippen LogP contribution in [0.15, 0.2) is 0 Å². The number of nitrogens with zero attached hydrogens (tertiary/aromatic N) is 3. The normalized spacial score (nSPS) is 18.3. The third kappa shape index (κ3) is 4.75. The Labute approximate surface area is 129 Å². The van der Waals surface area contributed by atoms with Crippen LogP contribution in [0.1, 0.15) is 43.0 Å². The van der Waals surface area contributed by atoms with Crippen molar-refractivity contribution in [1.82, 2.24) is 20.2 Å². The van der Waals surface area contributed by atoms with Gasteiger partial charge in [0.05, 0.1) is 0 Å². The molecule has 1 unspecified atom stereocenters. The summed E-state index contributed by atoms with van der Waals surface area (Å²) in [6, 6.07) is 0.567. The molecule has 1 aliphatic rings. The number of rotatable bonds is 6. The smallest absolute Gasteiger partial charge is 0.130 e. The first-order chi connectivity index (χ1) is 9.95. The van der Waals surface area contributed by atoms with Crippen LogP contribution in [0.25, 0.3) is 0 Å². The minimum atomic E-state index is 0.567. The highest BCUT2D eigenvalue weighted by atomic mass is 15.1. The second-order valence-corrected chi connectivity index (χ2v) is 6.88. The molecule has 0 bridgehead atoms. The molecule has 0 radical (unpaired) electrons. The first-order valence-corrected chi connectivity index (χ1v) is 8.19. The van der Waals surface area contributed by atoms with Gasteiger partial charge >= 0.3 is 0 Å². The average Bonchev–Trinajstić information content (AvgIpc) is 2.43. The number of aromatic nitrogens is 2. The molecular formula is C17H30N4. The quantitative estimate of drug-likeness (QED) is 0.870. The lowest BCUT2D eigenvalue weighted by atomic mass is 9.85. The molecule has 0 amide bonds. The summed E-state index contributed by atoms with van der Waals surface area (Å²) in [7, 11) is 4.19. The minimum Gasteiger partial charge on any atom is -0.314 e. The van der Waals surface area contributed by atoms with Gasteiger partial charge in [-0.25, -0.2) is 9.97 Å². The molecule has 2 rings (SSSR count). The average molecular weight is 290 g/mol. The number of aryl methyl sites for hydroxylation is 2. The molecule has 1 aliphatic carbocycles. The Morgan fingerprint density at radius 1 is 1.29 bits per heavy atom. The molecule has 1 atom stereocenters. The van der Waals surface area contributed by atoms with Gasteiger partial charge in [0.2, 0.25) is 0 Å². The van der Waals surface area contributed by atoms with Crippen LogP contribution in [0.5, 0.6) is 0 Å². The number of likely N-dealkylation sites (N-methyl/N-ethyl adjacent to an activating group) is 1. The number of fused-ring (bicyclic) bond motifs is 1. The van der Waals surface area contributed by atoms with Crippen LogP contribution < -0.4 is 5.32 Å². The van der Waals surface area contributed by atoms with Crippen molar-refractivity contribution in [2.24, 2.45) is 5.92 Å². The van der Waals surface area contributed by atoms with E-state index in [0.717, 1.165) is 44.1 Å². The van der Waals surface area contributed by atoms with E-state index in [9.17, 15) is 0 Å².